The zero-order chi connectivity index (χ0) is 24.1. The van der Waals surface area contributed by atoms with Crippen LogP contribution in [0.25, 0.3) is 11.3 Å². The second-order valence-corrected chi connectivity index (χ2v) is 7.90. The first kappa shape index (κ1) is 23.7. The lowest BCUT2D eigenvalue weighted by Gasteiger charge is -2.28. The monoisotopic (exact) mass is 474 g/mol. The molecule has 0 spiro atoms. The fourth-order valence-corrected chi connectivity index (χ4v) is 3.73. The first-order chi connectivity index (χ1) is 16.3. The minimum absolute atomic E-state index is 0.0511. The van der Waals surface area contributed by atoms with Gasteiger partial charge in [-0.25, -0.2) is 9.97 Å². The summed E-state index contributed by atoms with van der Waals surface area (Å²) in [4.78, 5) is 14.7. The van der Waals surface area contributed by atoms with Gasteiger partial charge in [-0.1, -0.05) is 30.3 Å². The van der Waals surface area contributed by atoms with Crippen LogP contribution in [0.1, 0.15) is 11.1 Å². The maximum absolute atomic E-state index is 13.8. The third-order valence-electron chi connectivity index (χ3n) is 5.41. The summed E-state index contributed by atoms with van der Waals surface area (Å²) in [7, 11) is 0. The number of aliphatic hydroxyl groups is 1. The Morgan fingerprint density at radius 2 is 1.85 bits per heavy atom. The number of morpholine rings is 1. The number of nitrogen functional groups attached to an aromatic ring is 1. The maximum atomic E-state index is 13.8. The lowest BCUT2D eigenvalue weighted by Crippen LogP contribution is -2.37. The summed E-state index contributed by atoms with van der Waals surface area (Å²) in [6.07, 6.45) is -3.08. The molecule has 3 aromatic rings. The minimum Gasteiger partial charge on any atom is -0.394 e. The van der Waals surface area contributed by atoms with Crippen molar-refractivity contribution >= 4 is 17.6 Å². The van der Waals surface area contributed by atoms with Crippen molar-refractivity contribution in [2.24, 2.45) is 0 Å². The Morgan fingerprint density at radius 1 is 1.12 bits per heavy atom. The van der Waals surface area contributed by atoms with Crippen LogP contribution in [0.3, 0.4) is 0 Å². The third-order valence-corrected chi connectivity index (χ3v) is 5.41. The molecular weight excluding hydrogens is 449 g/mol. The highest BCUT2D eigenvalue weighted by atomic mass is 19.4. The van der Waals surface area contributed by atoms with Gasteiger partial charge in [0.05, 0.1) is 37.1 Å². The third kappa shape index (κ3) is 5.72. The van der Waals surface area contributed by atoms with Crippen molar-refractivity contribution in [3.63, 3.8) is 0 Å². The second kappa shape index (κ2) is 10.2. The number of aliphatic hydroxyl groups excluding tert-OH is 1. The summed E-state index contributed by atoms with van der Waals surface area (Å²) < 4.78 is 46.7. The molecule has 1 atom stereocenters. The SMILES string of the molecule is Nc1cc(C(F)(F)F)c(-c2cc(NC(CO)Cc3ccccc3)nc(N3CCOCC3)n2)cn1. The van der Waals surface area contributed by atoms with E-state index in [9.17, 15) is 18.3 Å². The Labute approximate surface area is 194 Å². The molecule has 1 unspecified atom stereocenters. The van der Waals surface area contributed by atoms with Gasteiger partial charge in [0, 0.05) is 30.9 Å². The lowest BCUT2D eigenvalue weighted by atomic mass is 10.1. The van der Waals surface area contributed by atoms with E-state index < -0.39 is 17.8 Å². The smallest absolute Gasteiger partial charge is 0.394 e. The first-order valence-electron chi connectivity index (χ1n) is 10.8. The quantitative estimate of drug-likeness (QED) is 0.480. The zero-order valence-electron chi connectivity index (χ0n) is 18.3. The molecule has 4 rings (SSSR count). The number of nitrogens with two attached hydrogens (primary N) is 1. The van der Waals surface area contributed by atoms with Crippen molar-refractivity contribution in [1.29, 1.82) is 0 Å². The summed E-state index contributed by atoms with van der Waals surface area (Å²) in [5.41, 5.74) is 5.45. The van der Waals surface area contributed by atoms with Crippen LogP contribution in [0.5, 0.6) is 0 Å². The van der Waals surface area contributed by atoms with E-state index in [-0.39, 0.29) is 29.6 Å². The number of hydrogen-bond acceptors (Lipinski definition) is 8. The van der Waals surface area contributed by atoms with E-state index in [4.69, 9.17) is 10.5 Å². The van der Waals surface area contributed by atoms with Crippen LogP contribution in [0.15, 0.2) is 48.7 Å². The molecule has 1 aliphatic heterocycles. The number of nitrogens with zero attached hydrogens (tertiary/aromatic N) is 4. The number of aromatic nitrogens is 3. The molecule has 1 aromatic carbocycles. The highest BCUT2D eigenvalue weighted by Gasteiger charge is 2.35. The van der Waals surface area contributed by atoms with Gasteiger partial charge in [0.1, 0.15) is 11.6 Å². The van der Waals surface area contributed by atoms with Crippen LogP contribution in [-0.2, 0) is 17.3 Å². The number of rotatable bonds is 7. The van der Waals surface area contributed by atoms with E-state index in [0.717, 1.165) is 17.8 Å². The fourth-order valence-electron chi connectivity index (χ4n) is 3.73. The van der Waals surface area contributed by atoms with Crippen molar-refractivity contribution in [2.45, 2.75) is 18.6 Å². The minimum atomic E-state index is -4.65. The Bertz CT molecular complexity index is 1110. The van der Waals surface area contributed by atoms with E-state index >= 15 is 0 Å². The first-order valence-corrected chi connectivity index (χ1v) is 10.8. The number of halogens is 3. The molecule has 11 heteroatoms. The molecular formula is C23H25F3N6O2. The second-order valence-electron chi connectivity index (χ2n) is 7.90. The van der Waals surface area contributed by atoms with Crippen LogP contribution in [0.2, 0.25) is 0 Å². The molecule has 0 saturated carbocycles. The largest absolute Gasteiger partial charge is 0.417 e. The number of pyridine rings is 1. The predicted octanol–water partition coefficient (Wildman–Crippen LogP) is 2.99. The van der Waals surface area contributed by atoms with Gasteiger partial charge in [0.2, 0.25) is 5.95 Å². The normalized spacial score (nSPS) is 15.2. The van der Waals surface area contributed by atoms with Gasteiger partial charge < -0.3 is 25.8 Å². The van der Waals surface area contributed by atoms with Gasteiger partial charge >= 0.3 is 6.18 Å². The van der Waals surface area contributed by atoms with Crippen molar-refractivity contribution < 1.29 is 23.0 Å². The number of benzene rings is 1. The molecule has 0 bridgehead atoms. The molecule has 0 amide bonds. The van der Waals surface area contributed by atoms with Gasteiger partial charge in [0.25, 0.3) is 0 Å². The number of anilines is 3. The molecule has 0 aliphatic carbocycles. The van der Waals surface area contributed by atoms with Crippen molar-refractivity contribution in [2.75, 3.05) is 48.9 Å². The zero-order valence-corrected chi connectivity index (χ0v) is 18.3. The molecule has 8 nitrogen and oxygen atoms in total. The Balaban J connectivity index is 1.73. The molecule has 4 N–H and O–H groups in total. The highest BCUT2D eigenvalue weighted by molar-refractivity contribution is 5.69. The van der Waals surface area contributed by atoms with Crippen molar-refractivity contribution in [1.82, 2.24) is 15.0 Å². The average molecular weight is 474 g/mol. The fraction of sp³-hybridized carbons (Fsp3) is 0.348. The molecule has 2 aromatic heterocycles. The summed E-state index contributed by atoms with van der Waals surface area (Å²) in [5.74, 6) is 0.330. The van der Waals surface area contributed by atoms with Crippen LogP contribution in [-0.4, -0.2) is 59.0 Å². The molecule has 1 saturated heterocycles. The molecule has 1 aliphatic rings. The molecule has 0 radical (unpaired) electrons. The van der Waals surface area contributed by atoms with Crippen molar-refractivity contribution in [3.05, 3.63) is 59.8 Å². The van der Waals surface area contributed by atoms with E-state index in [0.29, 0.717) is 38.5 Å². The number of nitrogens with one attached hydrogen (secondary N) is 1. The highest BCUT2D eigenvalue weighted by Crippen LogP contribution is 2.38. The van der Waals surface area contributed by atoms with Crippen LogP contribution >= 0.6 is 0 Å². The van der Waals surface area contributed by atoms with E-state index in [1.807, 2.05) is 35.2 Å². The summed E-state index contributed by atoms with van der Waals surface area (Å²) in [5, 5.41) is 13.1. The Kier molecular flexibility index (Phi) is 7.13. The average Bonchev–Trinajstić information content (AvgIpc) is 2.84. The van der Waals surface area contributed by atoms with E-state index in [2.05, 4.69) is 20.3 Å². The van der Waals surface area contributed by atoms with Crippen LogP contribution in [0.4, 0.5) is 30.8 Å². The van der Waals surface area contributed by atoms with Gasteiger partial charge in [0.15, 0.2) is 0 Å². The standard InChI is InChI=1S/C23H25F3N6O2/c24-23(25,26)18-11-20(27)28-13-17(18)19-12-21(31-22(30-19)32-6-8-34-9-7-32)29-16(14-33)10-15-4-2-1-3-5-15/h1-5,11-13,16,33H,6-10,14H2,(H2,27,28)(H,29,30,31). The number of alkyl halides is 3. The molecule has 34 heavy (non-hydrogen) atoms. The van der Waals surface area contributed by atoms with E-state index in [1.165, 1.54) is 6.07 Å². The van der Waals surface area contributed by atoms with Gasteiger partial charge in [-0.2, -0.15) is 18.2 Å². The predicted molar refractivity (Wildman–Crippen MR) is 122 cm³/mol. The lowest BCUT2D eigenvalue weighted by molar-refractivity contribution is -0.137. The van der Waals surface area contributed by atoms with E-state index in [1.54, 1.807) is 0 Å². The van der Waals surface area contributed by atoms with Gasteiger partial charge in [-0.05, 0) is 18.1 Å². The van der Waals surface area contributed by atoms with Crippen molar-refractivity contribution in [3.8, 4) is 11.3 Å². The number of ether oxygens (including phenoxy) is 1. The molecule has 1 fully saturated rings. The van der Waals surface area contributed by atoms with Gasteiger partial charge in [-0.3, -0.25) is 0 Å². The molecule has 3 heterocycles. The molecule has 180 valence electrons. The maximum Gasteiger partial charge on any atom is 0.417 e. The summed E-state index contributed by atoms with van der Waals surface area (Å²) in [6.45, 7) is 1.73. The summed E-state index contributed by atoms with van der Waals surface area (Å²) >= 11 is 0. The van der Waals surface area contributed by atoms with Crippen LogP contribution < -0.4 is 16.0 Å². The Hall–Kier alpha value is -3.44. The van der Waals surface area contributed by atoms with Gasteiger partial charge in [-0.15, -0.1) is 0 Å². The summed E-state index contributed by atoms with van der Waals surface area (Å²) in [6, 6.07) is 11.4. The number of hydrogen-bond donors (Lipinski definition) is 3. The van der Waals surface area contributed by atoms with Crippen LogP contribution in [0, 0.1) is 0 Å². The Morgan fingerprint density at radius 3 is 2.53 bits per heavy atom. The topological polar surface area (TPSA) is 109 Å².